The van der Waals surface area contributed by atoms with E-state index in [9.17, 15) is 0 Å². The van der Waals surface area contributed by atoms with Crippen molar-refractivity contribution in [3.05, 3.63) is 29.8 Å². The molecule has 1 unspecified atom stereocenters. The summed E-state index contributed by atoms with van der Waals surface area (Å²) in [6, 6.07) is 8.95. The summed E-state index contributed by atoms with van der Waals surface area (Å²) in [5, 5.41) is 3.52. The van der Waals surface area contributed by atoms with Gasteiger partial charge in [-0.15, -0.1) is 0 Å². The lowest BCUT2D eigenvalue weighted by atomic mass is 9.91. The molecule has 2 nitrogen and oxygen atoms in total. The van der Waals surface area contributed by atoms with E-state index in [2.05, 4.69) is 48.3 Å². The van der Waals surface area contributed by atoms with Gasteiger partial charge < -0.3 is 10.2 Å². The molecule has 0 bridgehead atoms. The van der Waals surface area contributed by atoms with Gasteiger partial charge in [-0.2, -0.15) is 0 Å². The normalized spacial score (nSPS) is 31.4. The lowest BCUT2D eigenvalue weighted by Crippen LogP contribution is -2.39. The lowest BCUT2D eigenvalue weighted by Gasteiger charge is -2.37. The third-order valence-electron chi connectivity index (χ3n) is 4.57. The van der Waals surface area contributed by atoms with Crippen molar-refractivity contribution in [1.82, 2.24) is 5.32 Å². The van der Waals surface area contributed by atoms with Crippen LogP contribution < -0.4 is 10.2 Å². The molecule has 2 heteroatoms. The van der Waals surface area contributed by atoms with Gasteiger partial charge in [-0.25, -0.2) is 0 Å². The molecule has 2 aliphatic heterocycles. The van der Waals surface area contributed by atoms with Crippen LogP contribution in [-0.2, 0) is 6.42 Å². The molecule has 0 spiro atoms. The van der Waals surface area contributed by atoms with Crippen LogP contribution in [0.1, 0.15) is 19.4 Å². The van der Waals surface area contributed by atoms with E-state index < -0.39 is 0 Å². The van der Waals surface area contributed by atoms with Crippen molar-refractivity contribution < 1.29 is 0 Å². The highest BCUT2D eigenvalue weighted by Crippen LogP contribution is 2.31. The number of benzene rings is 1. The Hall–Kier alpha value is -1.02. The van der Waals surface area contributed by atoms with Gasteiger partial charge in [-0.3, -0.25) is 0 Å². The number of nitrogens with one attached hydrogen (secondary N) is 1. The summed E-state index contributed by atoms with van der Waals surface area (Å²) < 4.78 is 0. The molecule has 1 aromatic carbocycles. The number of hydrogen-bond donors (Lipinski definition) is 1. The van der Waals surface area contributed by atoms with Gasteiger partial charge in [-0.05, 0) is 48.9 Å². The Kier molecular flexibility index (Phi) is 3.29. The number of rotatable bonds is 2. The fraction of sp³-hybridized carbons (Fsp3) is 0.625. The first kappa shape index (κ1) is 12.0. The van der Waals surface area contributed by atoms with Crippen LogP contribution in [-0.4, -0.2) is 26.2 Å². The SMILES string of the molecule is CC1Cc2ccccc2N(C[C@@H]2CNC[C@H]2C)C1. The summed E-state index contributed by atoms with van der Waals surface area (Å²) in [4.78, 5) is 2.62. The zero-order valence-corrected chi connectivity index (χ0v) is 11.5. The third kappa shape index (κ3) is 2.26. The fourth-order valence-electron chi connectivity index (χ4n) is 3.47. The first-order valence-electron chi connectivity index (χ1n) is 7.27. The predicted molar refractivity (Wildman–Crippen MR) is 77.0 cm³/mol. The summed E-state index contributed by atoms with van der Waals surface area (Å²) in [5.41, 5.74) is 3.02. The van der Waals surface area contributed by atoms with Crippen LogP contribution in [0.15, 0.2) is 24.3 Å². The van der Waals surface area contributed by atoms with Crippen LogP contribution in [0.2, 0.25) is 0 Å². The van der Waals surface area contributed by atoms with Gasteiger partial charge >= 0.3 is 0 Å². The highest BCUT2D eigenvalue weighted by molar-refractivity contribution is 5.55. The molecule has 98 valence electrons. The Morgan fingerprint density at radius 3 is 2.83 bits per heavy atom. The highest BCUT2D eigenvalue weighted by atomic mass is 15.1. The van der Waals surface area contributed by atoms with Gasteiger partial charge in [0.15, 0.2) is 0 Å². The van der Waals surface area contributed by atoms with Crippen LogP contribution in [0, 0.1) is 17.8 Å². The molecule has 0 amide bonds. The van der Waals surface area contributed by atoms with Crippen molar-refractivity contribution >= 4 is 5.69 Å². The van der Waals surface area contributed by atoms with Crippen LogP contribution in [0.5, 0.6) is 0 Å². The van der Waals surface area contributed by atoms with E-state index in [0.717, 1.165) is 17.8 Å². The van der Waals surface area contributed by atoms with Crippen LogP contribution in [0.25, 0.3) is 0 Å². The first-order chi connectivity index (χ1) is 8.74. The molecule has 0 aliphatic carbocycles. The zero-order valence-electron chi connectivity index (χ0n) is 11.5. The minimum atomic E-state index is 0.782. The second-order valence-corrected chi connectivity index (χ2v) is 6.24. The largest absolute Gasteiger partial charge is 0.371 e. The Morgan fingerprint density at radius 2 is 2.06 bits per heavy atom. The second-order valence-electron chi connectivity index (χ2n) is 6.24. The van der Waals surface area contributed by atoms with Gasteiger partial charge in [-0.1, -0.05) is 32.0 Å². The lowest BCUT2D eigenvalue weighted by molar-refractivity contribution is 0.423. The summed E-state index contributed by atoms with van der Waals surface area (Å²) in [6.45, 7) is 9.57. The Morgan fingerprint density at radius 1 is 1.22 bits per heavy atom. The third-order valence-corrected chi connectivity index (χ3v) is 4.57. The van der Waals surface area contributed by atoms with E-state index in [1.807, 2.05) is 0 Å². The number of nitrogens with zero attached hydrogens (tertiary/aromatic N) is 1. The molecule has 0 radical (unpaired) electrons. The van der Waals surface area contributed by atoms with Gasteiger partial charge in [0.05, 0.1) is 0 Å². The average Bonchev–Trinajstić information content (AvgIpc) is 2.75. The highest BCUT2D eigenvalue weighted by Gasteiger charge is 2.28. The van der Waals surface area contributed by atoms with Crippen LogP contribution in [0.3, 0.4) is 0 Å². The van der Waals surface area contributed by atoms with Gasteiger partial charge in [0, 0.05) is 18.8 Å². The van der Waals surface area contributed by atoms with Crippen molar-refractivity contribution in [2.24, 2.45) is 17.8 Å². The molecule has 1 aromatic rings. The van der Waals surface area contributed by atoms with Crippen molar-refractivity contribution in [1.29, 1.82) is 0 Å². The predicted octanol–water partition coefficient (Wildman–Crippen LogP) is 2.54. The van der Waals surface area contributed by atoms with Gasteiger partial charge in [0.1, 0.15) is 0 Å². The fourth-order valence-corrected chi connectivity index (χ4v) is 3.47. The number of anilines is 1. The minimum absolute atomic E-state index is 0.782. The molecule has 0 aromatic heterocycles. The van der Waals surface area contributed by atoms with E-state index in [1.54, 1.807) is 0 Å². The second kappa shape index (κ2) is 4.93. The number of hydrogen-bond acceptors (Lipinski definition) is 2. The summed E-state index contributed by atoms with van der Waals surface area (Å²) >= 11 is 0. The van der Waals surface area contributed by atoms with E-state index in [1.165, 1.54) is 43.9 Å². The molecule has 0 saturated carbocycles. The zero-order chi connectivity index (χ0) is 12.5. The number of para-hydroxylation sites is 1. The molecule has 1 N–H and O–H groups in total. The van der Waals surface area contributed by atoms with Crippen molar-refractivity contribution in [3.63, 3.8) is 0 Å². The van der Waals surface area contributed by atoms with Crippen molar-refractivity contribution in [3.8, 4) is 0 Å². The van der Waals surface area contributed by atoms with E-state index >= 15 is 0 Å². The maximum absolute atomic E-state index is 3.52. The summed E-state index contributed by atoms with van der Waals surface area (Å²) in [7, 11) is 0. The standard InChI is InChI=1S/C16H24N2/c1-12-7-14-5-3-4-6-16(14)18(10-12)11-15-9-17-8-13(15)2/h3-6,12-13,15,17H,7-11H2,1-2H3/t12?,13-,15+/m1/s1. The topological polar surface area (TPSA) is 15.3 Å². The summed E-state index contributed by atoms with van der Waals surface area (Å²) in [5.74, 6) is 2.40. The molecule has 2 heterocycles. The van der Waals surface area contributed by atoms with E-state index in [0.29, 0.717) is 0 Å². The molecule has 2 aliphatic rings. The molecule has 1 saturated heterocycles. The molecular formula is C16H24N2. The smallest absolute Gasteiger partial charge is 0.0399 e. The maximum Gasteiger partial charge on any atom is 0.0399 e. The quantitative estimate of drug-likeness (QED) is 0.860. The Balaban J connectivity index is 1.79. The molecular weight excluding hydrogens is 220 g/mol. The van der Waals surface area contributed by atoms with Crippen molar-refractivity contribution in [2.75, 3.05) is 31.1 Å². The van der Waals surface area contributed by atoms with Gasteiger partial charge in [0.25, 0.3) is 0 Å². The van der Waals surface area contributed by atoms with Crippen LogP contribution in [0.4, 0.5) is 5.69 Å². The van der Waals surface area contributed by atoms with E-state index in [-0.39, 0.29) is 0 Å². The monoisotopic (exact) mass is 244 g/mol. The number of fused-ring (bicyclic) bond motifs is 1. The van der Waals surface area contributed by atoms with Crippen molar-refractivity contribution in [2.45, 2.75) is 20.3 Å². The minimum Gasteiger partial charge on any atom is -0.371 e. The Bertz CT molecular complexity index is 415. The molecule has 18 heavy (non-hydrogen) atoms. The maximum atomic E-state index is 3.52. The molecule has 3 atom stereocenters. The first-order valence-corrected chi connectivity index (χ1v) is 7.27. The molecule has 1 fully saturated rings. The average molecular weight is 244 g/mol. The summed E-state index contributed by atoms with van der Waals surface area (Å²) in [6.07, 6.45) is 1.24. The van der Waals surface area contributed by atoms with Gasteiger partial charge in [0.2, 0.25) is 0 Å². The Labute approximate surface area is 110 Å². The van der Waals surface area contributed by atoms with Crippen LogP contribution >= 0.6 is 0 Å². The molecule has 3 rings (SSSR count). The van der Waals surface area contributed by atoms with E-state index in [4.69, 9.17) is 0 Å².